The number of nitrogens with one attached hydrogen (secondary N) is 2. The van der Waals surface area contributed by atoms with Crippen molar-refractivity contribution < 1.29 is 5.11 Å². The lowest BCUT2D eigenvalue weighted by atomic mass is 10.3. The average molecular weight is 367 g/mol. The number of thiophene rings is 1. The SMILES string of the molecule is Cc1ccn2c(/N=C/c3c(O)[nH]c(=O)[nH]c3=O)c(-c3cccs3)nc2c1. The molecule has 0 aromatic carbocycles. The molecule has 0 bridgehead atoms. The van der Waals surface area contributed by atoms with Crippen LogP contribution in [0.2, 0.25) is 0 Å². The van der Waals surface area contributed by atoms with E-state index in [1.54, 1.807) is 4.40 Å². The maximum absolute atomic E-state index is 11.9. The summed E-state index contributed by atoms with van der Waals surface area (Å²) in [7, 11) is 0. The normalized spacial score (nSPS) is 11.6. The molecular weight excluding hydrogens is 354 g/mol. The van der Waals surface area contributed by atoms with Crippen molar-refractivity contribution in [1.82, 2.24) is 19.4 Å². The first kappa shape index (κ1) is 16.0. The number of aromatic nitrogens is 4. The van der Waals surface area contributed by atoms with Gasteiger partial charge in [-0.1, -0.05) is 6.07 Å². The Hall–Kier alpha value is -3.46. The number of aromatic amines is 2. The van der Waals surface area contributed by atoms with E-state index < -0.39 is 17.1 Å². The number of H-pyrrole nitrogens is 2. The molecule has 0 radical (unpaired) electrons. The molecule has 4 heterocycles. The number of aliphatic imine (C=N–C) groups is 1. The van der Waals surface area contributed by atoms with E-state index in [1.165, 1.54) is 17.6 Å². The number of imidazole rings is 1. The first-order chi connectivity index (χ1) is 12.5. The molecular formula is C17H13N5O3S. The first-order valence-corrected chi connectivity index (χ1v) is 8.53. The number of rotatable bonds is 3. The van der Waals surface area contributed by atoms with Crippen molar-refractivity contribution in [3.05, 3.63) is 67.8 Å². The second-order valence-corrected chi connectivity index (χ2v) is 6.57. The summed E-state index contributed by atoms with van der Waals surface area (Å²) in [4.78, 5) is 37.2. The van der Waals surface area contributed by atoms with Gasteiger partial charge in [-0.25, -0.2) is 14.8 Å². The summed E-state index contributed by atoms with van der Waals surface area (Å²) in [6, 6.07) is 7.71. The number of aromatic hydroxyl groups is 1. The van der Waals surface area contributed by atoms with E-state index in [0.717, 1.165) is 16.1 Å². The Labute approximate surface area is 150 Å². The number of fused-ring (bicyclic) bond motifs is 1. The lowest BCUT2D eigenvalue weighted by Gasteiger charge is -2.00. The van der Waals surface area contributed by atoms with Gasteiger partial charge in [-0.15, -0.1) is 11.3 Å². The van der Waals surface area contributed by atoms with Crippen LogP contribution in [0.1, 0.15) is 11.1 Å². The average Bonchev–Trinajstić information content (AvgIpc) is 3.21. The van der Waals surface area contributed by atoms with E-state index in [9.17, 15) is 14.7 Å². The Kier molecular flexibility index (Phi) is 3.77. The number of pyridine rings is 1. The number of hydrogen-bond acceptors (Lipinski definition) is 6. The van der Waals surface area contributed by atoms with Crippen LogP contribution in [0.3, 0.4) is 0 Å². The minimum Gasteiger partial charge on any atom is -0.494 e. The van der Waals surface area contributed by atoms with Gasteiger partial charge in [0, 0.05) is 12.4 Å². The third-order valence-corrected chi connectivity index (χ3v) is 4.66. The molecule has 0 aliphatic rings. The van der Waals surface area contributed by atoms with Crippen molar-refractivity contribution >= 4 is 29.0 Å². The van der Waals surface area contributed by atoms with Crippen molar-refractivity contribution in [3.63, 3.8) is 0 Å². The molecule has 0 fully saturated rings. The van der Waals surface area contributed by atoms with Crippen LogP contribution in [-0.4, -0.2) is 30.7 Å². The van der Waals surface area contributed by atoms with E-state index in [-0.39, 0.29) is 5.56 Å². The van der Waals surface area contributed by atoms with Gasteiger partial charge in [0.05, 0.1) is 4.88 Å². The molecule has 0 spiro atoms. The van der Waals surface area contributed by atoms with E-state index in [1.807, 2.05) is 42.8 Å². The van der Waals surface area contributed by atoms with Gasteiger partial charge >= 0.3 is 5.69 Å². The van der Waals surface area contributed by atoms with Crippen LogP contribution in [0.5, 0.6) is 5.88 Å². The Morgan fingerprint density at radius 1 is 1.31 bits per heavy atom. The molecule has 4 rings (SSSR count). The molecule has 4 aromatic heterocycles. The topological polar surface area (TPSA) is 116 Å². The van der Waals surface area contributed by atoms with Crippen LogP contribution < -0.4 is 11.2 Å². The summed E-state index contributed by atoms with van der Waals surface area (Å²) in [6.45, 7) is 1.97. The quantitative estimate of drug-likeness (QED) is 0.481. The third-order valence-electron chi connectivity index (χ3n) is 3.79. The van der Waals surface area contributed by atoms with Crippen molar-refractivity contribution in [2.75, 3.05) is 0 Å². The highest BCUT2D eigenvalue weighted by Crippen LogP contribution is 2.34. The fraction of sp³-hybridized carbons (Fsp3) is 0.0588. The molecule has 0 saturated carbocycles. The van der Waals surface area contributed by atoms with Crippen LogP contribution in [0.15, 0.2) is 50.4 Å². The molecule has 8 nitrogen and oxygen atoms in total. The van der Waals surface area contributed by atoms with Gasteiger partial charge in [-0.05, 0) is 36.1 Å². The minimum absolute atomic E-state index is 0.135. The van der Waals surface area contributed by atoms with Crippen LogP contribution in [-0.2, 0) is 0 Å². The summed E-state index contributed by atoms with van der Waals surface area (Å²) >= 11 is 1.53. The summed E-state index contributed by atoms with van der Waals surface area (Å²) in [5.41, 5.74) is 0.808. The fourth-order valence-corrected chi connectivity index (χ4v) is 3.27. The molecule has 26 heavy (non-hydrogen) atoms. The van der Waals surface area contributed by atoms with E-state index in [4.69, 9.17) is 0 Å². The van der Waals surface area contributed by atoms with Crippen LogP contribution in [0, 0.1) is 6.92 Å². The van der Waals surface area contributed by atoms with Gasteiger partial charge < -0.3 is 5.11 Å². The maximum Gasteiger partial charge on any atom is 0.328 e. The predicted molar refractivity (Wildman–Crippen MR) is 99.8 cm³/mol. The molecule has 130 valence electrons. The molecule has 9 heteroatoms. The highest BCUT2D eigenvalue weighted by atomic mass is 32.1. The fourth-order valence-electron chi connectivity index (χ4n) is 2.57. The Morgan fingerprint density at radius 3 is 2.88 bits per heavy atom. The van der Waals surface area contributed by atoms with E-state index in [2.05, 4.69) is 19.9 Å². The van der Waals surface area contributed by atoms with Gasteiger partial charge in [-0.3, -0.25) is 19.2 Å². The Bertz CT molecular complexity index is 1250. The summed E-state index contributed by atoms with van der Waals surface area (Å²) in [5.74, 6) is -0.0164. The summed E-state index contributed by atoms with van der Waals surface area (Å²) in [5, 5.41) is 11.8. The van der Waals surface area contributed by atoms with Crippen molar-refractivity contribution in [3.8, 4) is 16.5 Å². The Morgan fingerprint density at radius 2 is 2.15 bits per heavy atom. The van der Waals surface area contributed by atoms with Gasteiger partial charge in [0.25, 0.3) is 5.56 Å². The molecule has 0 aliphatic carbocycles. The van der Waals surface area contributed by atoms with Crippen LogP contribution in [0.4, 0.5) is 5.82 Å². The molecule has 0 saturated heterocycles. The zero-order chi connectivity index (χ0) is 18.3. The molecule has 0 atom stereocenters. The zero-order valence-electron chi connectivity index (χ0n) is 13.6. The monoisotopic (exact) mass is 367 g/mol. The van der Waals surface area contributed by atoms with Crippen molar-refractivity contribution in [1.29, 1.82) is 0 Å². The molecule has 0 amide bonds. The lowest BCUT2D eigenvalue weighted by molar-refractivity contribution is 0.447. The second-order valence-electron chi connectivity index (χ2n) is 5.62. The van der Waals surface area contributed by atoms with Gasteiger partial charge in [0.15, 0.2) is 5.82 Å². The highest BCUT2D eigenvalue weighted by Gasteiger charge is 2.15. The van der Waals surface area contributed by atoms with Crippen LogP contribution >= 0.6 is 11.3 Å². The number of aryl methyl sites for hydroxylation is 1. The summed E-state index contributed by atoms with van der Waals surface area (Å²) < 4.78 is 1.80. The first-order valence-electron chi connectivity index (χ1n) is 7.65. The predicted octanol–water partition coefficient (Wildman–Crippen LogP) is 2.20. The highest BCUT2D eigenvalue weighted by molar-refractivity contribution is 7.13. The smallest absolute Gasteiger partial charge is 0.328 e. The minimum atomic E-state index is -0.783. The maximum atomic E-state index is 11.9. The standard InChI is InChI=1S/C17H13N5O3S/c1-9-4-5-22-12(7-9)19-13(11-3-2-6-26-11)14(22)18-8-10-15(23)20-17(25)21-16(10)24/h2-8H,1H3,(H3,20,21,23,24,25)/b18-8+. The largest absolute Gasteiger partial charge is 0.494 e. The molecule has 0 unspecified atom stereocenters. The Balaban J connectivity index is 1.92. The molecule has 4 aromatic rings. The van der Waals surface area contributed by atoms with E-state index in [0.29, 0.717) is 11.5 Å². The van der Waals surface area contributed by atoms with Crippen molar-refractivity contribution in [2.45, 2.75) is 6.92 Å². The van der Waals surface area contributed by atoms with Crippen LogP contribution in [0.25, 0.3) is 16.2 Å². The lowest BCUT2D eigenvalue weighted by Crippen LogP contribution is -2.24. The number of hydrogen-bond donors (Lipinski definition) is 3. The zero-order valence-corrected chi connectivity index (χ0v) is 14.4. The van der Waals surface area contributed by atoms with Gasteiger partial charge in [0.2, 0.25) is 5.88 Å². The second kappa shape index (κ2) is 6.12. The summed E-state index contributed by atoms with van der Waals surface area (Å²) in [6.07, 6.45) is 3.06. The van der Waals surface area contributed by atoms with E-state index >= 15 is 0 Å². The van der Waals surface area contributed by atoms with Gasteiger partial charge in [-0.2, -0.15) is 0 Å². The van der Waals surface area contributed by atoms with Gasteiger partial charge in [0.1, 0.15) is 16.9 Å². The third kappa shape index (κ3) is 2.74. The molecule has 3 N–H and O–H groups in total. The van der Waals surface area contributed by atoms with Crippen molar-refractivity contribution in [2.24, 2.45) is 4.99 Å². The number of nitrogens with zero attached hydrogens (tertiary/aromatic N) is 3. The molecule has 0 aliphatic heterocycles.